The lowest BCUT2D eigenvalue weighted by atomic mass is 9.83. The number of hydrogen-bond acceptors (Lipinski definition) is 4. The molecule has 0 saturated carbocycles. The van der Waals surface area contributed by atoms with E-state index in [1.165, 1.54) is 11.3 Å². The number of carbonyl (C=O) groups excluding carboxylic acids is 2. The Morgan fingerprint density at radius 1 is 1.03 bits per heavy atom. The third-order valence-corrected chi connectivity index (χ3v) is 7.70. The summed E-state index contributed by atoms with van der Waals surface area (Å²) in [5.74, 6) is -0.225. The van der Waals surface area contributed by atoms with Crippen molar-refractivity contribution in [2.75, 3.05) is 13.1 Å². The first-order chi connectivity index (χ1) is 16.0. The molecule has 2 bridgehead atoms. The SMILES string of the molecule is O=C(N/C(=C\c1cccs1)C(=O)N1C[C@@H]2C[C@H](C1)c1cccc(=O)n1C2)c1ccccc1Br. The van der Waals surface area contributed by atoms with Crippen molar-refractivity contribution in [3.63, 3.8) is 0 Å². The minimum Gasteiger partial charge on any atom is -0.336 e. The Balaban J connectivity index is 1.43. The van der Waals surface area contributed by atoms with E-state index in [9.17, 15) is 14.4 Å². The number of thiophene rings is 1. The van der Waals surface area contributed by atoms with Gasteiger partial charge in [0.2, 0.25) is 0 Å². The summed E-state index contributed by atoms with van der Waals surface area (Å²) in [6, 6.07) is 16.3. The van der Waals surface area contributed by atoms with E-state index in [2.05, 4.69) is 21.2 Å². The number of pyridine rings is 1. The van der Waals surface area contributed by atoms with Gasteiger partial charge in [0.1, 0.15) is 5.70 Å². The van der Waals surface area contributed by atoms with E-state index in [0.717, 1.165) is 17.0 Å². The van der Waals surface area contributed by atoms with Crippen molar-refractivity contribution >= 4 is 45.2 Å². The molecule has 2 atom stereocenters. The first-order valence-corrected chi connectivity index (χ1v) is 12.5. The lowest BCUT2D eigenvalue weighted by Gasteiger charge is -2.43. The molecule has 0 aliphatic carbocycles. The van der Waals surface area contributed by atoms with Crippen molar-refractivity contribution < 1.29 is 9.59 Å². The van der Waals surface area contributed by atoms with E-state index in [4.69, 9.17) is 0 Å². The highest BCUT2D eigenvalue weighted by Crippen LogP contribution is 2.35. The van der Waals surface area contributed by atoms with Gasteiger partial charge in [-0.2, -0.15) is 0 Å². The van der Waals surface area contributed by atoms with Crippen molar-refractivity contribution in [2.24, 2.45) is 5.92 Å². The fraction of sp³-hybridized carbons (Fsp3) is 0.240. The van der Waals surface area contributed by atoms with E-state index in [-0.39, 0.29) is 34.9 Å². The Kier molecular flexibility index (Phi) is 6.03. The van der Waals surface area contributed by atoms with Gasteiger partial charge in [0.15, 0.2) is 0 Å². The van der Waals surface area contributed by atoms with E-state index in [1.807, 2.05) is 39.1 Å². The van der Waals surface area contributed by atoms with Crippen LogP contribution in [0.25, 0.3) is 6.08 Å². The quantitative estimate of drug-likeness (QED) is 0.523. The van der Waals surface area contributed by atoms with Crippen molar-refractivity contribution in [3.05, 3.63) is 96.6 Å². The van der Waals surface area contributed by atoms with E-state index in [1.54, 1.807) is 36.4 Å². The Hall–Kier alpha value is -2.97. The highest BCUT2D eigenvalue weighted by molar-refractivity contribution is 9.10. The standard InChI is InChI=1S/C25H22BrN3O3S/c26-20-7-2-1-6-19(20)24(31)27-21(12-18-5-4-10-33-18)25(32)28-13-16-11-17(15-28)22-8-3-9-23(30)29(22)14-16/h1-10,12,16-17H,11,13-15H2,(H,27,31)/b21-12-/t16-,17+/m0/s1. The maximum absolute atomic E-state index is 13.7. The summed E-state index contributed by atoms with van der Waals surface area (Å²) >= 11 is 4.92. The van der Waals surface area contributed by atoms with Crippen LogP contribution in [0.1, 0.15) is 33.3 Å². The molecule has 0 spiro atoms. The van der Waals surface area contributed by atoms with E-state index < -0.39 is 0 Å². The molecule has 1 aromatic carbocycles. The van der Waals surface area contributed by atoms with Gasteiger partial charge in [-0.1, -0.05) is 24.3 Å². The van der Waals surface area contributed by atoms with Crippen LogP contribution < -0.4 is 10.9 Å². The normalized spacial score (nSPS) is 19.7. The highest BCUT2D eigenvalue weighted by atomic mass is 79.9. The number of rotatable bonds is 4. The minimum absolute atomic E-state index is 0.0148. The molecule has 0 unspecified atom stereocenters. The molecule has 1 N–H and O–H groups in total. The second-order valence-corrected chi connectivity index (χ2v) is 10.2. The Morgan fingerprint density at radius 2 is 1.88 bits per heavy atom. The summed E-state index contributed by atoms with van der Waals surface area (Å²) in [5.41, 5.74) is 1.72. The van der Waals surface area contributed by atoms with E-state index >= 15 is 0 Å². The molecule has 1 fully saturated rings. The van der Waals surface area contributed by atoms with Crippen LogP contribution in [0.3, 0.4) is 0 Å². The van der Waals surface area contributed by atoms with Gasteiger partial charge in [-0.05, 0) is 64.0 Å². The molecular weight excluding hydrogens is 502 g/mol. The van der Waals surface area contributed by atoms with Crippen LogP contribution in [0.2, 0.25) is 0 Å². The number of piperidine rings is 1. The molecule has 168 valence electrons. The molecule has 33 heavy (non-hydrogen) atoms. The minimum atomic E-state index is -0.340. The van der Waals surface area contributed by atoms with Crippen molar-refractivity contribution in [3.8, 4) is 0 Å². The molecule has 6 nitrogen and oxygen atoms in total. The number of hydrogen-bond donors (Lipinski definition) is 1. The molecule has 5 rings (SSSR count). The van der Waals surface area contributed by atoms with Gasteiger partial charge in [-0.15, -0.1) is 11.3 Å². The van der Waals surface area contributed by atoms with Crippen LogP contribution in [0.4, 0.5) is 0 Å². The second kappa shape index (κ2) is 9.11. The van der Waals surface area contributed by atoms with Crippen LogP contribution >= 0.6 is 27.3 Å². The van der Waals surface area contributed by atoms with Gasteiger partial charge in [-0.25, -0.2) is 0 Å². The number of aromatic nitrogens is 1. The molecule has 0 radical (unpaired) electrons. The topological polar surface area (TPSA) is 71.4 Å². The van der Waals surface area contributed by atoms with Gasteiger partial charge in [0.05, 0.1) is 5.56 Å². The molecule has 4 heterocycles. The van der Waals surface area contributed by atoms with Crippen LogP contribution in [-0.2, 0) is 11.3 Å². The summed E-state index contributed by atoms with van der Waals surface area (Å²) in [5, 5.41) is 4.79. The van der Waals surface area contributed by atoms with E-state index in [0.29, 0.717) is 29.7 Å². The summed E-state index contributed by atoms with van der Waals surface area (Å²) in [6.07, 6.45) is 2.70. The fourth-order valence-electron chi connectivity index (χ4n) is 4.73. The van der Waals surface area contributed by atoms with Gasteiger partial charge in [0, 0.05) is 46.7 Å². The number of benzene rings is 1. The van der Waals surface area contributed by atoms with Crippen LogP contribution in [0.15, 0.2) is 74.9 Å². The van der Waals surface area contributed by atoms with Crippen LogP contribution in [0, 0.1) is 5.92 Å². The number of halogens is 1. The third kappa shape index (κ3) is 4.45. The first kappa shape index (κ1) is 21.9. The largest absolute Gasteiger partial charge is 0.336 e. The predicted molar refractivity (Wildman–Crippen MR) is 132 cm³/mol. The number of nitrogens with one attached hydrogen (secondary N) is 1. The summed E-state index contributed by atoms with van der Waals surface area (Å²) in [7, 11) is 0. The number of nitrogens with zero attached hydrogens (tertiary/aromatic N) is 2. The lowest BCUT2D eigenvalue weighted by molar-refractivity contribution is -0.130. The number of carbonyl (C=O) groups is 2. The lowest BCUT2D eigenvalue weighted by Crippen LogP contribution is -2.50. The zero-order valence-corrected chi connectivity index (χ0v) is 20.1. The fourth-order valence-corrected chi connectivity index (χ4v) is 5.86. The molecular formula is C25H22BrN3O3S. The van der Waals surface area contributed by atoms with Gasteiger partial charge < -0.3 is 14.8 Å². The monoisotopic (exact) mass is 523 g/mol. The summed E-state index contributed by atoms with van der Waals surface area (Å²) in [6.45, 7) is 1.69. The molecule has 2 amide bonds. The Labute approximate surface area is 203 Å². The van der Waals surface area contributed by atoms with Gasteiger partial charge >= 0.3 is 0 Å². The Bertz CT molecular complexity index is 1300. The van der Waals surface area contributed by atoms with Gasteiger partial charge in [0.25, 0.3) is 17.4 Å². The van der Waals surface area contributed by atoms with Crippen LogP contribution in [-0.4, -0.2) is 34.4 Å². The number of fused-ring (bicyclic) bond motifs is 4. The zero-order valence-electron chi connectivity index (χ0n) is 17.7. The predicted octanol–water partition coefficient (Wildman–Crippen LogP) is 4.09. The second-order valence-electron chi connectivity index (χ2n) is 8.42. The molecule has 2 aliphatic heterocycles. The summed E-state index contributed by atoms with van der Waals surface area (Å²) in [4.78, 5) is 41.7. The molecule has 2 aromatic heterocycles. The molecule has 8 heteroatoms. The Morgan fingerprint density at radius 3 is 2.67 bits per heavy atom. The molecule has 3 aromatic rings. The van der Waals surface area contributed by atoms with Crippen LogP contribution in [0.5, 0.6) is 0 Å². The van der Waals surface area contributed by atoms with Crippen molar-refractivity contribution in [1.29, 1.82) is 0 Å². The number of amides is 2. The third-order valence-electron chi connectivity index (χ3n) is 6.19. The maximum atomic E-state index is 13.7. The molecule has 2 aliphatic rings. The molecule has 1 saturated heterocycles. The highest BCUT2D eigenvalue weighted by Gasteiger charge is 2.37. The van der Waals surface area contributed by atoms with Gasteiger partial charge in [-0.3, -0.25) is 14.4 Å². The number of likely N-dealkylation sites (tertiary alicyclic amines) is 1. The summed E-state index contributed by atoms with van der Waals surface area (Å²) < 4.78 is 2.51. The van der Waals surface area contributed by atoms with Crippen molar-refractivity contribution in [1.82, 2.24) is 14.8 Å². The van der Waals surface area contributed by atoms with Crippen molar-refractivity contribution in [2.45, 2.75) is 18.9 Å². The average Bonchev–Trinajstić information content (AvgIpc) is 3.32. The maximum Gasteiger partial charge on any atom is 0.270 e. The smallest absolute Gasteiger partial charge is 0.270 e. The first-order valence-electron chi connectivity index (χ1n) is 10.8. The average molecular weight is 524 g/mol. The zero-order chi connectivity index (χ0) is 22.9.